The zero-order valence-corrected chi connectivity index (χ0v) is 10.2. The molecule has 3 nitrogen and oxygen atoms in total. The van der Waals surface area contributed by atoms with Crippen LogP contribution in [0.15, 0.2) is 6.07 Å². The van der Waals surface area contributed by atoms with E-state index < -0.39 is 0 Å². The van der Waals surface area contributed by atoms with Crippen LogP contribution in [0.1, 0.15) is 16.8 Å². The minimum atomic E-state index is -0.329. The van der Waals surface area contributed by atoms with Crippen molar-refractivity contribution in [3.8, 4) is 0 Å². The first-order valence-electron chi connectivity index (χ1n) is 4.03. The molecule has 0 radical (unpaired) electrons. The summed E-state index contributed by atoms with van der Waals surface area (Å²) in [5.41, 5.74) is 0.302. The Morgan fingerprint density at radius 2 is 2.13 bits per heavy atom. The second-order valence-electron chi connectivity index (χ2n) is 2.81. The molecule has 1 aromatic rings. The lowest BCUT2D eigenvalue weighted by Gasteiger charge is -1.98. The lowest BCUT2D eigenvalue weighted by Crippen LogP contribution is -2.12. The van der Waals surface area contributed by atoms with Crippen molar-refractivity contribution in [2.45, 2.75) is 6.42 Å². The third-order valence-electron chi connectivity index (χ3n) is 1.62. The molecule has 0 spiro atoms. The Bertz CT molecular complexity index is 387. The first-order chi connectivity index (χ1) is 7.04. The first-order valence-corrected chi connectivity index (χ1v) is 5.60. The fraction of sp³-hybridized carbons (Fsp3) is 0.333. The summed E-state index contributed by atoms with van der Waals surface area (Å²) in [6, 6.07) is 1.47. The Labute approximate surface area is 101 Å². The summed E-state index contributed by atoms with van der Waals surface area (Å²) in [4.78, 5) is 22.7. The van der Waals surface area contributed by atoms with Crippen molar-refractivity contribution < 1.29 is 14.3 Å². The van der Waals surface area contributed by atoms with Crippen LogP contribution in [0.25, 0.3) is 0 Å². The molecule has 0 N–H and O–H groups in total. The summed E-state index contributed by atoms with van der Waals surface area (Å²) >= 11 is 12.6. The molecule has 0 aromatic carbocycles. The largest absolute Gasteiger partial charge is 0.377 e. The second-order valence-corrected chi connectivity index (χ2v) is 5.10. The molecule has 0 aliphatic carbocycles. The van der Waals surface area contributed by atoms with Gasteiger partial charge in [-0.3, -0.25) is 9.59 Å². The maximum atomic E-state index is 11.6. The normalized spacial score (nSPS) is 10.3. The minimum Gasteiger partial charge on any atom is -0.377 e. The summed E-state index contributed by atoms with van der Waals surface area (Å²) in [5, 5.41) is 0. The Kier molecular flexibility index (Phi) is 4.73. The number of Topliss-reactive ketones (excluding diaryl/α,β-unsaturated/α-hetero) is 2. The number of carbonyl (C=O) groups excluding carboxylic acids is 2. The van der Waals surface area contributed by atoms with Crippen LogP contribution >= 0.6 is 34.5 Å². The molecular weight excluding hydrogens is 259 g/mol. The molecule has 1 aromatic heterocycles. The topological polar surface area (TPSA) is 43.4 Å². The maximum Gasteiger partial charge on any atom is 0.172 e. The van der Waals surface area contributed by atoms with E-state index in [-0.39, 0.29) is 24.6 Å². The van der Waals surface area contributed by atoms with Crippen molar-refractivity contribution in [1.82, 2.24) is 0 Å². The van der Waals surface area contributed by atoms with E-state index >= 15 is 0 Å². The molecule has 0 fully saturated rings. The van der Waals surface area contributed by atoms with Gasteiger partial charge in [0.15, 0.2) is 11.6 Å². The number of ketones is 2. The summed E-state index contributed by atoms with van der Waals surface area (Å²) in [5.74, 6) is -0.605. The zero-order valence-electron chi connectivity index (χ0n) is 7.88. The summed E-state index contributed by atoms with van der Waals surface area (Å²) in [6.07, 6.45) is -0.208. The molecular formula is C9H8Cl2O3S. The van der Waals surface area contributed by atoms with Gasteiger partial charge in [-0.1, -0.05) is 23.2 Å². The SMILES string of the molecule is COCC(=O)CC(=O)c1cc(Cl)sc1Cl. The van der Waals surface area contributed by atoms with Crippen LogP contribution in [-0.4, -0.2) is 25.3 Å². The van der Waals surface area contributed by atoms with Crippen molar-refractivity contribution in [2.24, 2.45) is 0 Å². The van der Waals surface area contributed by atoms with Crippen LogP contribution in [0.4, 0.5) is 0 Å². The zero-order chi connectivity index (χ0) is 11.4. The van der Waals surface area contributed by atoms with Crippen LogP contribution in [0.2, 0.25) is 8.67 Å². The third-order valence-corrected chi connectivity index (χ3v) is 3.11. The van der Waals surface area contributed by atoms with E-state index in [2.05, 4.69) is 4.74 Å². The lowest BCUT2D eigenvalue weighted by molar-refractivity contribution is -0.121. The van der Waals surface area contributed by atoms with Crippen LogP contribution in [0.5, 0.6) is 0 Å². The third kappa shape index (κ3) is 3.57. The number of hydrogen-bond acceptors (Lipinski definition) is 4. The molecule has 0 saturated carbocycles. The van der Waals surface area contributed by atoms with Gasteiger partial charge in [-0.25, -0.2) is 0 Å². The smallest absolute Gasteiger partial charge is 0.172 e. The van der Waals surface area contributed by atoms with Gasteiger partial charge in [0, 0.05) is 12.7 Å². The summed E-state index contributed by atoms with van der Waals surface area (Å²) in [7, 11) is 1.40. The molecule has 82 valence electrons. The van der Waals surface area contributed by atoms with Gasteiger partial charge in [0.1, 0.15) is 10.9 Å². The molecule has 0 bridgehead atoms. The lowest BCUT2D eigenvalue weighted by atomic mass is 10.1. The number of hydrogen-bond donors (Lipinski definition) is 0. The van der Waals surface area contributed by atoms with Crippen molar-refractivity contribution >= 4 is 46.1 Å². The number of thiophene rings is 1. The number of rotatable bonds is 5. The average molecular weight is 267 g/mol. The molecule has 0 amide bonds. The van der Waals surface area contributed by atoms with E-state index in [0.717, 1.165) is 11.3 Å². The fourth-order valence-electron chi connectivity index (χ4n) is 1.02. The van der Waals surface area contributed by atoms with E-state index in [1.54, 1.807) is 0 Å². The Hall–Kier alpha value is -0.420. The highest BCUT2D eigenvalue weighted by atomic mass is 35.5. The van der Waals surface area contributed by atoms with Crippen LogP contribution in [-0.2, 0) is 9.53 Å². The maximum absolute atomic E-state index is 11.6. The fourth-order valence-corrected chi connectivity index (χ4v) is 2.52. The molecule has 1 rings (SSSR count). The van der Waals surface area contributed by atoms with Crippen molar-refractivity contribution in [3.63, 3.8) is 0 Å². The number of halogens is 2. The quantitative estimate of drug-likeness (QED) is 0.608. The van der Waals surface area contributed by atoms with Gasteiger partial charge >= 0.3 is 0 Å². The van der Waals surface area contributed by atoms with Crippen LogP contribution < -0.4 is 0 Å². The first kappa shape index (κ1) is 12.6. The Morgan fingerprint density at radius 1 is 1.47 bits per heavy atom. The van der Waals surface area contributed by atoms with Crippen molar-refractivity contribution in [2.75, 3.05) is 13.7 Å². The number of methoxy groups -OCH3 is 1. The van der Waals surface area contributed by atoms with E-state index in [1.165, 1.54) is 13.2 Å². The molecule has 0 saturated heterocycles. The Morgan fingerprint density at radius 3 is 2.60 bits per heavy atom. The number of ether oxygens (including phenoxy) is 1. The van der Waals surface area contributed by atoms with E-state index in [4.69, 9.17) is 23.2 Å². The van der Waals surface area contributed by atoms with E-state index in [9.17, 15) is 9.59 Å². The van der Waals surface area contributed by atoms with Gasteiger partial charge in [0.05, 0.1) is 10.8 Å². The van der Waals surface area contributed by atoms with Gasteiger partial charge in [0.25, 0.3) is 0 Å². The highest BCUT2D eigenvalue weighted by molar-refractivity contribution is 7.20. The molecule has 0 aliphatic rings. The molecule has 0 aliphatic heterocycles. The van der Waals surface area contributed by atoms with Gasteiger partial charge in [-0.15, -0.1) is 11.3 Å². The van der Waals surface area contributed by atoms with Gasteiger partial charge in [-0.05, 0) is 6.07 Å². The molecule has 15 heavy (non-hydrogen) atoms. The van der Waals surface area contributed by atoms with Gasteiger partial charge in [-0.2, -0.15) is 0 Å². The van der Waals surface area contributed by atoms with E-state index in [0.29, 0.717) is 14.2 Å². The number of carbonyl (C=O) groups is 2. The van der Waals surface area contributed by atoms with Gasteiger partial charge < -0.3 is 4.74 Å². The standard InChI is InChI=1S/C9H8Cl2O3S/c1-14-4-5(12)2-7(13)6-3-8(10)15-9(6)11/h3H,2,4H2,1H3. The summed E-state index contributed by atoms with van der Waals surface area (Å²) < 4.78 is 5.37. The van der Waals surface area contributed by atoms with Crippen molar-refractivity contribution in [1.29, 1.82) is 0 Å². The van der Waals surface area contributed by atoms with Gasteiger partial charge in [0.2, 0.25) is 0 Å². The predicted molar refractivity (Wildman–Crippen MR) is 60.2 cm³/mol. The molecule has 0 unspecified atom stereocenters. The van der Waals surface area contributed by atoms with E-state index in [1.807, 2.05) is 0 Å². The molecule has 0 atom stereocenters. The average Bonchev–Trinajstić information content (AvgIpc) is 2.45. The van der Waals surface area contributed by atoms with Crippen LogP contribution in [0.3, 0.4) is 0 Å². The van der Waals surface area contributed by atoms with Crippen molar-refractivity contribution in [3.05, 3.63) is 20.3 Å². The highest BCUT2D eigenvalue weighted by Crippen LogP contribution is 2.31. The second kappa shape index (κ2) is 5.61. The molecule has 1 heterocycles. The predicted octanol–water partition coefficient (Wildman–Crippen LogP) is 2.84. The molecule has 6 heteroatoms. The highest BCUT2D eigenvalue weighted by Gasteiger charge is 2.17. The summed E-state index contributed by atoms with van der Waals surface area (Å²) in [6.45, 7) is -0.0682. The monoisotopic (exact) mass is 266 g/mol. The van der Waals surface area contributed by atoms with Crippen LogP contribution in [0, 0.1) is 0 Å². The minimum absolute atomic E-state index is 0.0682. The Balaban J connectivity index is 2.69.